The van der Waals surface area contributed by atoms with Crippen LogP contribution in [0.25, 0.3) is 0 Å². The molecule has 1 N–H and O–H groups in total. The lowest BCUT2D eigenvalue weighted by Gasteiger charge is -2.38. The summed E-state index contributed by atoms with van der Waals surface area (Å²) in [6, 6.07) is 8.25. The Morgan fingerprint density at radius 1 is 1.27 bits per heavy atom. The number of carbonyl (C=O) groups excluding carboxylic acids is 1. The third kappa shape index (κ3) is 4.13. The molecule has 0 spiro atoms. The van der Waals surface area contributed by atoms with Crippen LogP contribution in [0, 0.1) is 5.92 Å². The second kappa shape index (κ2) is 7.00. The second-order valence-electron chi connectivity index (χ2n) is 5.34. The van der Waals surface area contributed by atoms with Gasteiger partial charge in [0, 0.05) is 6.54 Å². The summed E-state index contributed by atoms with van der Waals surface area (Å²) in [5.74, 6) is -1.57. The maximum absolute atomic E-state index is 12.8. The summed E-state index contributed by atoms with van der Waals surface area (Å²) < 4.78 is 43.5. The first-order valence-corrected chi connectivity index (χ1v) is 7.06. The molecule has 4 nitrogen and oxygen atoms in total. The van der Waals surface area contributed by atoms with E-state index in [-0.39, 0.29) is 26.1 Å². The highest BCUT2D eigenvalue weighted by molar-refractivity contribution is 5.68. The third-order valence-corrected chi connectivity index (χ3v) is 3.82. The normalized spacial score (nSPS) is 22.5. The molecule has 2 atom stereocenters. The highest BCUT2D eigenvalue weighted by Crippen LogP contribution is 2.35. The fourth-order valence-electron chi connectivity index (χ4n) is 2.51. The Hall–Kier alpha value is -1.76. The molecular weight excluding hydrogens is 299 g/mol. The molecule has 22 heavy (non-hydrogen) atoms. The molecule has 1 amide bonds. The van der Waals surface area contributed by atoms with E-state index < -0.39 is 30.8 Å². The van der Waals surface area contributed by atoms with Gasteiger partial charge >= 0.3 is 12.3 Å². The van der Waals surface area contributed by atoms with Crippen LogP contribution in [0.3, 0.4) is 0 Å². The van der Waals surface area contributed by atoms with Crippen molar-refractivity contribution in [2.45, 2.75) is 31.7 Å². The van der Waals surface area contributed by atoms with Crippen LogP contribution in [0.2, 0.25) is 0 Å². The van der Waals surface area contributed by atoms with E-state index in [1.54, 1.807) is 24.3 Å². The van der Waals surface area contributed by atoms with Crippen molar-refractivity contribution in [2.24, 2.45) is 5.92 Å². The van der Waals surface area contributed by atoms with E-state index in [4.69, 9.17) is 4.74 Å². The summed E-state index contributed by atoms with van der Waals surface area (Å²) in [5.41, 5.74) is 0.751. The predicted molar refractivity (Wildman–Crippen MR) is 73.0 cm³/mol. The van der Waals surface area contributed by atoms with E-state index in [0.29, 0.717) is 0 Å². The van der Waals surface area contributed by atoms with E-state index in [9.17, 15) is 23.1 Å². The molecule has 1 saturated heterocycles. The van der Waals surface area contributed by atoms with Gasteiger partial charge in [-0.15, -0.1) is 0 Å². The highest BCUT2D eigenvalue weighted by atomic mass is 19.4. The van der Waals surface area contributed by atoms with Crippen molar-refractivity contribution < 1.29 is 27.8 Å². The van der Waals surface area contributed by atoms with Crippen LogP contribution in [0.5, 0.6) is 0 Å². The van der Waals surface area contributed by atoms with Crippen LogP contribution < -0.4 is 0 Å². The lowest BCUT2D eigenvalue weighted by Crippen LogP contribution is -2.51. The molecule has 1 fully saturated rings. The van der Waals surface area contributed by atoms with Crippen LogP contribution in [-0.2, 0) is 11.3 Å². The van der Waals surface area contributed by atoms with Gasteiger partial charge in [-0.3, -0.25) is 0 Å². The van der Waals surface area contributed by atoms with Crippen LogP contribution in [0.1, 0.15) is 18.4 Å². The number of piperidine rings is 1. The summed E-state index contributed by atoms with van der Waals surface area (Å²) in [5, 5.41) is 9.25. The van der Waals surface area contributed by atoms with E-state index >= 15 is 0 Å². The van der Waals surface area contributed by atoms with Crippen molar-refractivity contribution in [3.05, 3.63) is 35.9 Å². The lowest BCUT2D eigenvalue weighted by molar-refractivity contribution is -0.189. The monoisotopic (exact) mass is 317 g/mol. The molecule has 0 saturated carbocycles. The van der Waals surface area contributed by atoms with E-state index in [2.05, 4.69) is 0 Å². The predicted octanol–water partition coefficient (Wildman–Crippen LogP) is 2.96. The summed E-state index contributed by atoms with van der Waals surface area (Å²) in [4.78, 5) is 13.0. The average molecular weight is 317 g/mol. The Morgan fingerprint density at radius 2 is 1.95 bits per heavy atom. The SMILES string of the molecule is O=C(OCc1ccccc1)N1CC(C(F)(F)F)CCC1CO. The Morgan fingerprint density at radius 3 is 2.55 bits per heavy atom. The van der Waals surface area contributed by atoms with Crippen molar-refractivity contribution in [3.63, 3.8) is 0 Å². The molecule has 7 heteroatoms. The van der Waals surface area contributed by atoms with Crippen LogP contribution in [0.4, 0.5) is 18.0 Å². The number of amides is 1. The summed E-state index contributed by atoms with van der Waals surface area (Å²) in [7, 11) is 0. The van der Waals surface area contributed by atoms with Gasteiger partial charge in [-0.25, -0.2) is 4.79 Å². The number of hydrogen-bond acceptors (Lipinski definition) is 3. The van der Waals surface area contributed by atoms with Crippen LogP contribution >= 0.6 is 0 Å². The zero-order chi connectivity index (χ0) is 16.2. The number of alkyl halides is 3. The molecule has 1 aromatic rings. The van der Waals surface area contributed by atoms with Gasteiger partial charge in [0.1, 0.15) is 6.61 Å². The zero-order valence-electron chi connectivity index (χ0n) is 11.9. The quantitative estimate of drug-likeness (QED) is 0.932. The standard InChI is InChI=1S/C15H18F3NO3/c16-15(17,18)12-6-7-13(9-20)19(8-12)14(21)22-10-11-4-2-1-3-5-11/h1-5,12-13,20H,6-10H2. The van der Waals surface area contributed by atoms with Gasteiger partial charge in [-0.05, 0) is 18.4 Å². The minimum absolute atomic E-state index is 0.00892. The van der Waals surface area contributed by atoms with E-state index in [1.807, 2.05) is 6.07 Å². The third-order valence-electron chi connectivity index (χ3n) is 3.82. The van der Waals surface area contributed by atoms with Gasteiger partial charge in [-0.1, -0.05) is 30.3 Å². The molecule has 1 aliphatic rings. The number of aliphatic hydroxyl groups excluding tert-OH is 1. The Bertz CT molecular complexity index is 493. The molecule has 1 aromatic carbocycles. The minimum atomic E-state index is -4.35. The molecule has 0 aliphatic carbocycles. The number of ether oxygens (including phenoxy) is 1. The smallest absolute Gasteiger partial charge is 0.410 e. The highest BCUT2D eigenvalue weighted by Gasteiger charge is 2.45. The number of rotatable bonds is 3. The number of likely N-dealkylation sites (tertiary alicyclic amines) is 1. The Kier molecular flexibility index (Phi) is 5.28. The molecule has 2 rings (SSSR count). The zero-order valence-corrected chi connectivity index (χ0v) is 11.9. The molecule has 0 bridgehead atoms. The van der Waals surface area contributed by atoms with Crippen molar-refractivity contribution in [2.75, 3.05) is 13.2 Å². The van der Waals surface area contributed by atoms with Gasteiger partial charge in [0.15, 0.2) is 0 Å². The van der Waals surface area contributed by atoms with Crippen molar-refractivity contribution in [1.29, 1.82) is 0 Å². The maximum Gasteiger partial charge on any atom is 0.410 e. The molecule has 0 radical (unpaired) electrons. The fraction of sp³-hybridized carbons (Fsp3) is 0.533. The first-order valence-electron chi connectivity index (χ1n) is 7.06. The van der Waals surface area contributed by atoms with Gasteiger partial charge in [0.05, 0.1) is 18.6 Å². The van der Waals surface area contributed by atoms with Crippen LogP contribution in [-0.4, -0.2) is 41.5 Å². The largest absolute Gasteiger partial charge is 0.445 e. The molecular formula is C15H18F3NO3. The Labute approximate surface area is 126 Å². The van der Waals surface area contributed by atoms with E-state index in [1.165, 1.54) is 0 Å². The second-order valence-corrected chi connectivity index (χ2v) is 5.34. The maximum atomic E-state index is 12.8. The number of hydrogen-bond donors (Lipinski definition) is 1. The number of nitrogens with zero attached hydrogens (tertiary/aromatic N) is 1. The van der Waals surface area contributed by atoms with Gasteiger partial charge in [-0.2, -0.15) is 13.2 Å². The average Bonchev–Trinajstić information content (AvgIpc) is 2.52. The molecule has 1 aliphatic heterocycles. The lowest BCUT2D eigenvalue weighted by atomic mass is 9.93. The first kappa shape index (κ1) is 16.6. The van der Waals surface area contributed by atoms with Crippen LogP contribution in [0.15, 0.2) is 30.3 Å². The summed E-state index contributed by atoms with van der Waals surface area (Å²) in [6.45, 7) is -0.849. The van der Waals surface area contributed by atoms with Gasteiger partial charge < -0.3 is 14.7 Å². The molecule has 1 heterocycles. The summed E-state index contributed by atoms with van der Waals surface area (Å²) in [6.07, 6.45) is -5.15. The van der Waals surface area contributed by atoms with Crippen molar-refractivity contribution >= 4 is 6.09 Å². The van der Waals surface area contributed by atoms with Gasteiger partial charge in [0.2, 0.25) is 0 Å². The van der Waals surface area contributed by atoms with E-state index in [0.717, 1.165) is 10.5 Å². The molecule has 122 valence electrons. The number of carbonyl (C=O) groups is 1. The number of halogens is 3. The number of benzene rings is 1. The van der Waals surface area contributed by atoms with Gasteiger partial charge in [0.25, 0.3) is 0 Å². The van der Waals surface area contributed by atoms with Crippen molar-refractivity contribution in [3.8, 4) is 0 Å². The molecule has 2 unspecified atom stereocenters. The summed E-state index contributed by atoms with van der Waals surface area (Å²) >= 11 is 0. The fourth-order valence-corrected chi connectivity index (χ4v) is 2.51. The Balaban J connectivity index is 1.98. The molecule has 0 aromatic heterocycles. The number of aliphatic hydroxyl groups is 1. The minimum Gasteiger partial charge on any atom is -0.445 e. The first-order chi connectivity index (χ1) is 10.4. The van der Waals surface area contributed by atoms with Crippen molar-refractivity contribution in [1.82, 2.24) is 4.90 Å². The topological polar surface area (TPSA) is 49.8 Å².